The Kier molecular flexibility index (Phi) is 19.2. The van der Waals surface area contributed by atoms with Crippen molar-refractivity contribution in [2.75, 3.05) is 33.5 Å². The van der Waals surface area contributed by atoms with Crippen molar-refractivity contribution in [3.05, 3.63) is 154 Å². The second-order valence-corrected chi connectivity index (χ2v) is 25.4. The number of pyridine rings is 2. The molecule has 2 atom stereocenters. The van der Waals surface area contributed by atoms with E-state index >= 15 is 4.39 Å². The third-order valence-electron chi connectivity index (χ3n) is 13.3. The van der Waals surface area contributed by atoms with E-state index in [1.165, 1.54) is 49.8 Å². The molecule has 6 aromatic rings. The maximum absolute atomic E-state index is 15.5. The number of methoxy groups -OCH3 is 1. The van der Waals surface area contributed by atoms with E-state index in [-0.39, 0.29) is 98.6 Å². The fraction of sp³-hybridized carbons (Fsp3) is 0.418. The average Bonchev–Trinajstić information content (AvgIpc) is 3.31. The SMILES string of the molecule is CCOC(=O)c1cn([C@@H](CO)C(C)C)c2cc(OC)c(Cc3cccc(Cl)c3F)cc2c1=O.CCOC(=O)c1cn([C@@H](CO[Si](C)(C)C(C)(C)C)C(C)C)c2cc(F)c(Cc3cccc(Cl)c3F)cc2c1=O. The van der Waals surface area contributed by atoms with Gasteiger partial charge in [0.05, 0.1) is 66.7 Å². The molecule has 0 bridgehead atoms. The van der Waals surface area contributed by atoms with Gasteiger partial charge in [0.25, 0.3) is 0 Å². The minimum absolute atomic E-state index is 0.00179. The van der Waals surface area contributed by atoms with Crippen molar-refractivity contribution >= 4 is 65.3 Å². The monoisotopic (exact) mass is 1050 g/mol. The zero-order valence-electron chi connectivity index (χ0n) is 43.0. The van der Waals surface area contributed by atoms with Crippen LogP contribution in [-0.4, -0.2) is 68.0 Å². The topological polar surface area (TPSA) is 135 Å². The van der Waals surface area contributed by atoms with Crippen molar-refractivity contribution < 1.29 is 46.5 Å². The van der Waals surface area contributed by atoms with Crippen LogP contribution >= 0.6 is 23.2 Å². The summed E-state index contributed by atoms with van der Waals surface area (Å²) in [6.07, 6.45) is 2.90. The molecule has 0 aliphatic heterocycles. The highest BCUT2D eigenvalue weighted by atomic mass is 35.5. The summed E-state index contributed by atoms with van der Waals surface area (Å²) in [5.41, 5.74) is 0.695. The fourth-order valence-corrected chi connectivity index (χ4v) is 9.47. The number of ether oxygens (including phenoxy) is 3. The lowest BCUT2D eigenvalue weighted by atomic mass is 9.98. The Hall–Kier alpha value is -5.45. The number of carbonyl (C=O) groups excluding carboxylic acids is 2. The Bertz CT molecular complexity index is 3080. The van der Waals surface area contributed by atoms with Crippen molar-refractivity contribution in [1.29, 1.82) is 0 Å². The molecule has 2 aromatic heterocycles. The van der Waals surface area contributed by atoms with Crippen LogP contribution in [0.1, 0.15) is 117 Å². The first-order valence-electron chi connectivity index (χ1n) is 23.9. The van der Waals surface area contributed by atoms with Gasteiger partial charge in [-0.25, -0.2) is 22.8 Å². The number of aromatic nitrogens is 2. The Morgan fingerprint density at radius 2 is 1.14 bits per heavy atom. The maximum atomic E-state index is 15.5. The first kappa shape index (κ1) is 57.4. The van der Waals surface area contributed by atoms with Crippen molar-refractivity contribution in [3.8, 4) is 5.75 Å². The second kappa shape index (κ2) is 24.1. The van der Waals surface area contributed by atoms with Gasteiger partial charge >= 0.3 is 11.9 Å². The summed E-state index contributed by atoms with van der Waals surface area (Å²) < 4.78 is 70.5. The molecule has 0 saturated carbocycles. The smallest absolute Gasteiger partial charge is 0.343 e. The van der Waals surface area contributed by atoms with Gasteiger partial charge in [0, 0.05) is 42.1 Å². The molecule has 2 heterocycles. The molecule has 11 nitrogen and oxygen atoms in total. The predicted molar refractivity (Wildman–Crippen MR) is 281 cm³/mol. The molecule has 1 N–H and O–H groups in total. The van der Waals surface area contributed by atoms with Gasteiger partial charge in [-0.1, -0.05) is 95.9 Å². The summed E-state index contributed by atoms with van der Waals surface area (Å²) in [6, 6.07) is 14.5. The van der Waals surface area contributed by atoms with Gasteiger partial charge in [-0.05, 0) is 96.4 Å². The zero-order chi connectivity index (χ0) is 53.6. The van der Waals surface area contributed by atoms with Crippen LogP contribution in [0.2, 0.25) is 28.2 Å². The van der Waals surface area contributed by atoms with Gasteiger partial charge in [0.2, 0.25) is 10.9 Å². The molecule has 72 heavy (non-hydrogen) atoms. The van der Waals surface area contributed by atoms with Gasteiger partial charge < -0.3 is 32.9 Å². The average molecular weight is 1050 g/mol. The van der Waals surface area contributed by atoms with Crippen LogP contribution < -0.4 is 15.6 Å². The van der Waals surface area contributed by atoms with Gasteiger partial charge in [0.1, 0.15) is 34.3 Å². The van der Waals surface area contributed by atoms with Crippen LogP contribution in [0, 0.1) is 29.3 Å². The van der Waals surface area contributed by atoms with E-state index < -0.39 is 54.6 Å². The van der Waals surface area contributed by atoms with E-state index in [1.54, 1.807) is 53.3 Å². The minimum Gasteiger partial charge on any atom is -0.496 e. The van der Waals surface area contributed by atoms with E-state index in [0.717, 1.165) is 0 Å². The zero-order valence-corrected chi connectivity index (χ0v) is 45.5. The van der Waals surface area contributed by atoms with Gasteiger partial charge in [-0.2, -0.15) is 0 Å². The highest BCUT2D eigenvalue weighted by Crippen LogP contribution is 2.38. The Balaban J connectivity index is 0.000000271. The molecule has 17 heteroatoms. The molecule has 388 valence electrons. The number of hydrogen-bond acceptors (Lipinski definition) is 9. The van der Waals surface area contributed by atoms with E-state index in [2.05, 4.69) is 33.9 Å². The molecule has 0 aliphatic rings. The summed E-state index contributed by atoms with van der Waals surface area (Å²) in [6.45, 7) is 22.3. The second-order valence-electron chi connectivity index (χ2n) is 19.8. The van der Waals surface area contributed by atoms with Crippen molar-refractivity contribution in [3.63, 3.8) is 0 Å². The Labute approximate surface area is 429 Å². The van der Waals surface area contributed by atoms with Gasteiger partial charge in [0.15, 0.2) is 8.32 Å². The molecule has 0 fully saturated rings. The van der Waals surface area contributed by atoms with Crippen molar-refractivity contribution in [1.82, 2.24) is 9.13 Å². The summed E-state index contributed by atoms with van der Waals surface area (Å²) in [4.78, 5) is 52.2. The number of halogens is 5. The number of rotatable bonds is 17. The number of hydrogen-bond donors (Lipinski definition) is 1. The van der Waals surface area contributed by atoms with Crippen LogP contribution in [-0.2, 0) is 26.7 Å². The highest BCUT2D eigenvalue weighted by Gasteiger charge is 2.38. The van der Waals surface area contributed by atoms with Crippen LogP contribution in [0.3, 0.4) is 0 Å². The predicted octanol–water partition coefficient (Wildman–Crippen LogP) is 12.7. The van der Waals surface area contributed by atoms with Crippen molar-refractivity contribution in [2.45, 2.75) is 105 Å². The molecule has 6 rings (SSSR count). The van der Waals surface area contributed by atoms with E-state index in [4.69, 9.17) is 41.8 Å². The lowest BCUT2D eigenvalue weighted by Crippen LogP contribution is -2.42. The summed E-state index contributed by atoms with van der Waals surface area (Å²) in [7, 11) is -0.647. The standard InChI is InChI=1S/C30H38ClF2NO4Si.C25H27ClFNO5/c1-9-37-29(36)22-16-34(26(18(2)3)17-38-39(7,8)30(4,5)6)25-15-24(32)20(14-21(25)28(22)35)13-19-11-10-12-23(31)27(19)33;1-5-33-25(31)18-12-28(21(13-29)14(2)3)20-11-22(32-4)16(10-17(20)24(18)30)9-15-7-6-8-19(26)23(15)27/h10-12,14-16,18,26H,9,13,17H2,1-8H3;6-8,10-12,14,21,29H,5,9,13H2,1-4H3/t26-;21-/m00/s1. The number of fused-ring (bicyclic) bond motifs is 2. The number of carbonyl (C=O) groups is 2. The molecule has 4 aromatic carbocycles. The number of esters is 2. The maximum Gasteiger partial charge on any atom is 0.343 e. The first-order valence-corrected chi connectivity index (χ1v) is 27.6. The number of aliphatic hydroxyl groups excluding tert-OH is 1. The number of benzene rings is 4. The molecule has 0 radical (unpaired) electrons. The molecule has 0 spiro atoms. The summed E-state index contributed by atoms with van der Waals surface area (Å²) in [5, 5.41) is 10.4. The summed E-state index contributed by atoms with van der Waals surface area (Å²) in [5.74, 6) is -2.79. The lowest BCUT2D eigenvalue weighted by Gasteiger charge is -2.38. The minimum atomic E-state index is -2.13. The normalized spacial score (nSPS) is 12.8. The van der Waals surface area contributed by atoms with Crippen molar-refractivity contribution in [2.24, 2.45) is 11.8 Å². The largest absolute Gasteiger partial charge is 0.496 e. The third-order valence-corrected chi connectivity index (χ3v) is 18.4. The number of aliphatic hydroxyl groups is 1. The number of nitrogens with zero attached hydrogens (tertiary/aromatic N) is 2. The molecule has 0 unspecified atom stereocenters. The first-order chi connectivity index (χ1) is 33.8. The van der Waals surface area contributed by atoms with Crippen LogP contribution in [0.25, 0.3) is 21.8 Å². The molecule has 0 saturated heterocycles. The van der Waals surface area contributed by atoms with Gasteiger partial charge in [-0.15, -0.1) is 0 Å². The molecule has 0 amide bonds. The Morgan fingerprint density at radius 3 is 1.57 bits per heavy atom. The fourth-order valence-electron chi connectivity index (χ4n) is 8.06. The van der Waals surface area contributed by atoms with Crippen LogP contribution in [0.5, 0.6) is 5.75 Å². The quantitative estimate of drug-likeness (QED) is 0.0699. The third kappa shape index (κ3) is 12.6. The van der Waals surface area contributed by atoms with E-state index in [0.29, 0.717) is 34.5 Å². The molecular formula is C55H65Cl2F3N2O9Si. The van der Waals surface area contributed by atoms with Crippen LogP contribution in [0.4, 0.5) is 13.2 Å². The van der Waals surface area contributed by atoms with Crippen LogP contribution in [0.15, 0.2) is 82.6 Å². The highest BCUT2D eigenvalue weighted by molar-refractivity contribution is 6.74. The van der Waals surface area contributed by atoms with E-state index in [1.807, 2.05) is 27.7 Å². The molecular weight excluding hydrogens is 989 g/mol. The lowest BCUT2D eigenvalue weighted by molar-refractivity contribution is 0.0514. The van der Waals surface area contributed by atoms with Gasteiger partial charge in [-0.3, -0.25) is 9.59 Å². The summed E-state index contributed by atoms with van der Waals surface area (Å²) >= 11 is 11.8. The Morgan fingerprint density at radius 1 is 0.694 bits per heavy atom. The van der Waals surface area contributed by atoms with E-state index in [9.17, 15) is 33.1 Å². The molecule has 0 aliphatic carbocycles.